The van der Waals surface area contributed by atoms with Crippen molar-refractivity contribution in [2.45, 2.75) is 31.6 Å². The minimum absolute atomic E-state index is 0.204. The minimum Gasteiger partial charge on any atom is -0.390 e. The number of benzene rings is 6. The van der Waals surface area contributed by atoms with Crippen molar-refractivity contribution in [3.63, 3.8) is 0 Å². The Bertz CT molecular complexity index is 2800. The molecule has 0 aliphatic heterocycles. The van der Waals surface area contributed by atoms with Gasteiger partial charge in [-0.1, -0.05) is 220 Å². The summed E-state index contributed by atoms with van der Waals surface area (Å²) >= 11 is 0. The first-order valence-corrected chi connectivity index (χ1v) is 20.7. The van der Waals surface area contributed by atoms with E-state index in [1.54, 1.807) is 6.20 Å². The third-order valence-electron chi connectivity index (χ3n) is 11.6. The van der Waals surface area contributed by atoms with Crippen LogP contribution in [-0.2, 0) is 10.8 Å². The first kappa shape index (κ1) is 41.6. The van der Waals surface area contributed by atoms with Crippen molar-refractivity contribution in [2.24, 2.45) is 10.7 Å². The van der Waals surface area contributed by atoms with Crippen LogP contribution in [0.5, 0.6) is 0 Å². The van der Waals surface area contributed by atoms with Crippen LogP contribution in [0.15, 0.2) is 243 Å². The lowest BCUT2D eigenvalue weighted by atomic mass is 9.64. The molecule has 2 aliphatic rings. The van der Waals surface area contributed by atoms with Crippen LogP contribution in [-0.4, -0.2) is 6.34 Å². The van der Waals surface area contributed by atoms with E-state index in [9.17, 15) is 0 Å². The molecule has 61 heavy (non-hydrogen) atoms. The molecule has 0 radical (unpaired) electrons. The zero-order valence-electron chi connectivity index (χ0n) is 35.3. The fourth-order valence-corrected chi connectivity index (χ4v) is 8.90. The van der Waals surface area contributed by atoms with Crippen molar-refractivity contribution in [2.75, 3.05) is 0 Å². The molecule has 2 atom stereocenters. The van der Waals surface area contributed by atoms with Crippen LogP contribution < -0.4 is 5.73 Å². The SMILES string of the molecule is C/C=C/C1(c2ccccc2)C=CC=CC(c2ccccc2)=C1.C=C=C(c1ccccc1C)C1(c2ccccc2C)c2ccccc2-c2c(C(=C)/C=C\C=C/N=CN)cccc21. The van der Waals surface area contributed by atoms with Gasteiger partial charge in [0, 0.05) is 11.8 Å². The summed E-state index contributed by atoms with van der Waals surface area (Å²) in [7, 11) is 0. The maximum absolute atomic E-state index is 5.34. The molecule has 2 N–H and O–H groups in total. The fraction of sp³-hybridized carbons (Fsp3) is 0.0847. The Morgan fingerprint density at radius 3 is 2.02 bits per heavy atom. The van der Waals surface area contributed by atoms with Gasteiger partial charge in [-0.05, 0) is 99.2 Å². The smallest absolute Gasteiger partial charge is 0.0852 e. The average Bonchev–Trinajstić information content (AvgIpc) is 3.42. The van der Waals surface area contributed by atoms with Crippen LogP contribution in [0.2, 0.25) is 0 Å². The number of hydrogen-bond donors (Lipinski definition) is 1. The molecule has 6 aromatic carbocycles. The summed E-state index contributed by atoms with van der Waals surface area (Å²) in [6.45, 7) is 15.1. The largest absolute Gasteiger partial charge is 0.390 e. The standard InChI is InChI=1S/C37H32N2.C22H20/c1-5-32(29-18-8-6-15-26(29)2)37(33-21-10-7-17-28(33)4)34-22-11-9-19-31(34)36-30(20-14-23-35(36)37)27(3)16-12-13-24-39-25-38;1-2-16-22(21-14-7-4-8-15-21)17-10-9-13-20(18-22)19-11-5-3-6-12-19/h6-25H,1,3H2,2,4H3,(H2,38,39);2-18H,1H3/b16-12-,24-13-;16-2+. The molecule has 2 aliphatic carbocycles. The third-order valence-corrected chi connectivity index (χ3v) is 11.6. The first-order chi connectivity index (χ1) is 29.9. The maximum atomic E-state index is 5.34. The second kappa shape index (κ2) is 19.0. The summed E-state index contributed by atoms with van der Waals surface area (Å²) in [4.78, 5) is 3.93. The third kappa shape index (κ3) is 8.23. The molecule has 0 spiro atoms. The van der Waals surface area contributed by atoms with Gasteiger partial charge < -0.3 is 5.73 Å². The second-order valence-electron chi connectivity index (χ2n) is 15.2. The summed E-state index contributed by atoms with van der Waals surface area (Å²) < 4.78 is 0. The maximum Gasteiger partial charge on any atom is 0.0852 e. The topological polar surface area (TPSA) is 38.4 Å². The molecular weight excluding hydrogens is 737 g/mol. The van der Waals surface area contributed by atoms with E-state index in [1.807, 2.05) is 18.2 Å². The zero-order chi connectivity index (χ0) is 42.7. The summed E-state index contributed by atoms with van der Waals surface area (Å²) in [5, 5.41) is 0. The Labute approximate surface area is 362 Å². The highest BCUT2D eigenvalue weighted by Gasteiger charge is 2.49. The van der Waals surface area contributed by atoms with Gasteiger partial charge in [-0.25, -0.2) is 4.99 Å². The Morgan fingerprint density at radius 1 is 0.672 bits per heavy atom. The predicted molar refractivity (Wildman–Crippen MR) is 262 cm³/mol. The van der Waals surface area contributed by atoms with E-state index in [2.05, 4.69) is 239 Å². The summed E-state index contributed by atoms with van der Waals surface area (Å²) in [6, 6.07) is 53.7. The van der Waals surface area contributed by atoms with Crippen LogP contribution in [0.1, 0.15) is 57.0 Å². The van der Waals surface area contributed by atoms with Crippen LogP contribution in [0.25, 0.3) is 27.8 Å². The molecule has 0 amide bonds. The number of nitrogens with two attached hydrogens (primary N) is 1. The molecule has 0 saturated carbocycles. The molecule has 2 unspecified atom stereocenters. The lowest BCUT2D eigenvalue weighted by molar-refractivity contribution is 0.818. The van der Waals surface area contributed by atoms with Crippen LogP contribution in [0.3, 0.4) is 0 Å². The van der Waals surface area contributed by atoms with Gasteiger partial charge in [-0.15, -0.1) is 5.73 Å². The molecule has 8 rings (SSSR count). The Morgan fingerprint density at radius 2 is 1.31 bits per heavy atom. The lowest BCUT2D eigenvalue weighted by Gasteiger charge is -2.36. The Balaban J connectivity index is 0.000000215. The summed E-state index contributed by atoms with van der Waals surface area (Å²) in [6.07, 6.45) is 24.1. The number of nitrogens with zero attached hydrogens (tertiary/aromatic N) is 1. The number of fused-ring (bicyclic) bond motifs is 3. The van der Waals surface area contributed by atoms with Gasteiger partial charge >= 0.3 is 0 Å². The van der Waals surface area contributed by atoms with Gasteiger partial charge in [-0.2, -0.15) is 0 Å². The van der Waals surface area contributed by atoms with Crippen molar-refractivity contribution >= 4 is 23.1 Å². The molecule has 0 fully saturated rings. The van der Waals surface area contributed by atoms with Crippen molar-refractivity contribution in [3.8, 4) is 11.1 Å². The van der Waals surface area contributed by atoms with Crippen LogP contribution in [0.4, 0.5) is 0 Å². The van der Waals surface area contributed by atoms with Gasteiger partial charge in [-0.3, -0.25) is 0 Å². The van der Waals surface area contributed by atoms with Crippen molar-refractivity contribution in [3.05, 3.63) is 288 Å². The highest BCUT2D eigenvalue weighted by molar-refractivity contribution is 6.00. The molecule has 2 heteroatoms. The van der Waals surface area contributed by atoms with E-state index < -0.39 is 5.41 Å². The fourth-order valence-electron chi connectivity index (χ4n) is 8.90. The van der Waals surface area contributed by atoms with Gasteiger partial charge in [0.05, 0.1) is 17.2 Å². The van der Waals surface area contributed by atoms with Crippen molar-refractivity contribution in [1.29, 1.82) is 0 Å². The normalized spacial score (nSPS) is 17.7. The van der Waals surface area contributed by atoms with E-state index in [0.717, 1.165) is 22.3 Å². The van der Waals surface area contributed by atoms with E-state index >= 15 is 0 Å². The van der Waals surface area contributed by atoms with E-state index in [-0.39, 0.29) is 5.41 Å². The van der Waals surface area contributed by atoms with E-state index in [0.29, 0.717) is 0 Å². The van der Waals surface area contributed by atoms with Crippen molar-refractivity contribution < 1.29 is 0 Å². The van der Waals surface area contributed by atoms with Gasteiger partial charge in [0.25, 0.3) is 0 Å². The minimum atomic E-state index is -0.596. The number of aryl methyl sites for hydroxylation is 2. The van der Waals surface area contributed by atoms with Crippen LogP contribution in [0, 0.1) is 13.8 Å². The molecule has 2 nitrogen and oxygen atoms in total. The number of rotatable bonds is 10. The molecule has 298 valence electrons. The zero-order valence-corrected chi connectivity index (χ0v) is 35.3. The highest BCUT2D eigenvalue weighted by atomic mass is 14.8. The van der Waals surface area contributed by atoms with E-state index in [4.69, 9.17) is 5.73 Å². The molecule has 6 aromatic rings. The quantitative estimate of drug-likeness (QED) is 0.0485. The van der Waals surface area contributed by atoms with Gasteiger partial charge in [0.2, 0.25) is 0 Å². The summed E-state index contributed by atoms with van der Waals surface area (Å²) in [5.74, 6) is 0. The Hall–Kier alpha value is -7.51. The predicted octanol–water partition coefficient (Wildman–Crippen LogP) is 14.3. The summed E-state index contributed by atoms with van der Waals surface area (Å²) in [5.41, 5.74) is 24.4. The number of aliphatic imine (C=N–C) groups is 1. The first-order valence-electron chi connectivity index (χ1n) is 20.7. The molecule has 0 aromatic heterocycles. The molecular formula is C59H52N2. The van der Waals surface area contributed by atoms with Gasteiger partial charge in [0.1, 0.15) is 0 Å². The monoisotopic (exact) mass is 788 g/mol. The average molecular weight is 789 g/mol. The number of hydrogen-bond acceptors (Lipinski definition) is 1. The van der Waals surface area contributed by atoms with Crippen LogP contribution >= 0.6 is 0 Å². The highest BCUT2D eigenvalue weighted by Crippen LogP contribution is 2.60. The number of allylic oxidation sites excluding steroid dienone is 13. The second-order valence-corrected chi connectivity index (χ2v) is 15.2. The Kier molecular flexibility index (Phi) is 13.0. The molecule has 0 saturated heterocycles. The van der Waals surface area contributed by atoms with Gasteiger partial charge in [0.15, 0.2) is 0 Å². The lowest BCUT2D eigenvalue weighted by Crippen LogP contribution is -2.30. The molecule has 0 heterocycles. The molecule has 0 bridgehead atoms. The van der Waals surface area contributed by atoms with Crippen molar-refractivity contribution in [1.82, 2.24) is 0 Å². The van der Waals surface area contributed by atoms with E-state index in [1.165, 1.54) is 62.0 Å².